The largest absolute Gasteiger partial charge is 0.464 e. The zero-order valence-electron chi connectivity index (χ0n) is 13.7. The minimum absolute atomic E-state index is 0.369. The molecule has 0 radical (unpaired) electrons. The Morgan fingerprint density at radius 1 is 1.29 bits per heavy atom. The number of nitrogens with zero attached hydrogens (tertiary/aromatic N) is 4. The molecule has 0 bridgehead atoms. The molecule has 0 aliphatic carbocycles. The van der Waals surface area contributed by atoms with E-state index in [1.54, 1.807) is 0 Å². The smallest absolute Gasteiger partial charge is 0.323 e. The molecule has 1 heterocycles. The van der Waals surface area contributed by atoms with Gasteiger partial charge in [-0.1, -0.05) is 6.92 Å². The second kappa shape index (κ2) is 9.65. The molecule has 0 aliphatic heterocycles. The number of nitrogens with one attached hydrogen (secondary N) is 1. The molecule has 1 atom stereocenters. The van der Waals surface area contributed by atoms with Crippen molar-refractivity contribution in [2.75, 3.05) is 42.4 Å². The molecule has 7 heteroatoms. The molecule has 0 amide bonds. The van der Waals surface area contributed by atoms with E-state index in [9.17, 15) is 0 Å². The van der Waals surface area contributed by atoms with Crippen LogP contribution in [0.25, 0.3) is 0 Å². The summed E-state index contributed by atoms with van der Waals surface area (Å²) in [6.07, 6.45) is 4.23. The van der Waals surface area contributed by atoms with E-state index in [1.165, 1.54) is 0 Å². The summed E-state index contributed by atoms with van der Waals surface area (Å²) in [5, 5.41) is 3.20. The Kier molecular flexibility index (Phi) is 8.19. The van der Waals surface area contributed by atoms with Crippen LogP contribution in [0.4, 0.5) is 11.9 Å². The fourth-order valence-electron chi connectivity index (χ4n) is 1.69. The van der Waals surface area contributed by atoms with E-state index in [2.05, 4.69) is 45.3 Å². The quantitative estimate of drug-likeness (QED) is 0.712. The number of hydrogen-bond donors (Lipinski definition) is 1. The molecule has 0 spiro atoms. The highest BCUT2D eigenvalue weighted by molar-refractivity contribution is 7.98. The highest BCUT2D eigenvalue weighted by atomic mass is 32.2. The van der Waals surface area contributed by atoms with Crippen LogP contribution in [0.5, 0.6) is 6.01 Å². The molecular formula is C14H27N5OS. The Bertz CT molecular complexity index is 418. The number of ether oxygens (including phenoxy) is 1. The van der Waals surface area contributed by atoms with E-state index in [0.717, 1.165) is 25.1 Å². The van der Waals surface area contributed by atoms with Crippen molar-refractivity contribution in [3.63, 3.8) is 0 Å². The third-order valence-corrected chi connectivity index (χ3v) is 3.77. The van der Waals surface area contributed by atoms with Crippen LogP contribution in [-0.2, 0) is 0 Å². The van der Waals surface area contributed by atoms with Gasteiger partial charge in [0.25, 0.3) is 0 Å². The van der Waals surface area contributed by atoms with Gasteiger partial charge in [-0.2, -0.15) is 26.7 Å². The average Bonchev–Trinajstić information content (AvgIpc) is 2.49. The van der Waals surface area contributed by atoms with E-state index in [0.29, 0.717) is 30.6 Å². The second-order valence-electron chi connectivity index (χ2n) is 4.84. The first-order valence-electron chi connectivity index (χ1n) is 7.46. The van der Waals surface area contributed by atoms with Crippen molar-refractivity contribution in [2.24, 2.45) is 0 Å². The lowest BCUT2D eigenvalue weighted by Crippen LogP contribution is -2.31. The summed E-state index contributed by atoms with van der Waals surface area (Å²) in [6.45, 7) is 7.59. The number of thioether (sulfide) groups is 1. The van der Waals surface area contributed by atoms with Gasteiger partial charge in [0, 0.05) is 19.6 Å². The lowest BCUT2D eigenvalue weighted by molar-refractivity contribution is 0.312. The summed E-state index contributed by atoms with van der Waals surface area (Å²) < 4.78 is 5.45. The molecule has 21 heavy (non-hydrogen) atoms. The van der Waals surface area contributed by atoms with Crippen molar-refractivity contribution in [1.29, 1.82) is 0 Å². The first-order chi connectivity index (χ1) is 10.1. The molecule has 120 valence electrons. The van der Waals surface area contributed by atoms with Gasteiger partial charge < -0.3 is 15.0 Å². The van der Waals surface area contributed by atoms with Gasteiger partial charge in [0.2, 0.25) is 11.9 Å². The average molecular weight is 313 g/mol. The Morgan fingerprint density at radius 3 is 2.67 bits per heavy atom. The van der Waals surface area contributed by atoms with Gasteiger partial charge in [0.1, 0.15) is 0 Å². The first kappa shape index (κ1) is 17.8. The molecule has 1 aromatic rings. The molecule has 1 unspecified atom stereocenters. The fourth-order valence-corrected chi connectivity index (χ4v) is 2.27. The van der Waals surface area contributed by atoms with Crippen LogP contribution in [0.1, 0.15) is 33.6 Å². The lowest BCUT2D eigenvalue weighted by atomic mass is 10.2. The lowest BCUT2D eigenvalue weighted by Gasteiger charge is -2.25. The molecule has 1 aromatic heterocycles. The van der Waals surface area contributed by atoms with Gasteiger partial charge in [0.15, 0.2) is 0 Å². The maximum Gasteiger partial charge on any atom is 0.323 e. The van der Waals surface area contributed by atoms with Crippen molar-refractivity contribution in [2.45, 2.75) is 39.7 Å². The number of hydrogen-bond acceptors (Lipinski definition) is 7. The molecule has 0 saturated heterocycles. The minimum atomic E-state index is 0.369. The molecule has 0 saturated carbocycles. The van der Waals surface area contributed by atoms with Crippen LogP contribution in [0.2, 0.25) is 0 Å². The van der Waals surface area contributed by atoms with Crippen LogP contribution >= 0.6 is 11.8 Å². The predicted octanol–water partition coefficient (Wildman–Crippen LogP) is 2.67. The summed E-state index contributed by atoms with van der Waals surface area (Å²) in [4.78, 5) is 15.2. The van der Waals surface area contributed by atoms with Crippen LogP contribution in [0.3, 0.4) is 0 Å². The Balaban J connectivity index is 2.89. The molecule has 1 rings (SSSR count). The Hall–Kier alpha value is -1.24. The minimum Gasteiger partial charge on any atom is -0.464 e. The van der Waals surface area contributed by atoms with Crippen molar-refractivity contribution in [1.82, 2.24) is 15.0 Å². The topological polar surface area (TPSA) is 63.2 Å². The second-order valence-corrected chi connectivity index (χ2v) is 5.83. The first-order valence-corrected chi connectivity index (χ1v) is 8.86. The van der Waals surface area contributed by atoms with Crippen molar-refractivity contribution in [3.8, 4) is 6.01 Å². The molecule has 0 aliphatic rings. The molecular weight excluding hydrogens is 286 g/mol. The summed E-state index contributed by atoms with van der Waals surface area (Å²) in [5.41, 5.74) is 0. The number of aromatic nitrogens is 3. The predicted molar refractivity (Wildman–Crippen MR) is 90.6 cm³/mol. The third-order valence-electron chi connectivity index (χ3n) is 3.13. The molecule has 6 nitrogen and oxygen atoms in total. The zero-order chi connectivity index (χ0) is 15.7. The van der Waals surface area contributed by atoms with Crippen LogP contribution in [0, 0.1) is 0 Å². The summed E-state index contributed by atoms with van der Waals surface area (Å²) in [5.74, 6) is 2.35. The zero-order valence-corrected chi connectivity index (χ0v) is 14.5. The third kappa shape index (κ3) is 5.95. The van der Waals surface area contributed by atoms with Gasteiger partial charge in [-0.25, -0.2) is 0 Å². The van der Waals surface area contributed by atoms with E-state index in [1.807, 2.05) is 25.7 Å². The molecule has 0 aromatic carbocycles. The molecule has 1 N–H and O–H groups in total. The van der Waals surface area contributed by atoms with E-state index in [-0.39, 0.29) is 0 Å². The van der Waals surface area contributed by atoms with E-state index < -0.39 is 0 Å². The van der Waals surface area contributed by atoms with Crippen LogP contribution in [-0.4, -0.2) is 53.2 Å². The number of rotatable bonds is 10. The molecule has 0 fully saturated rings. The van der Waals surface area contributed by atoms with Crippen LogP contribution < -0.4 is 15.0 Å². The van der Waals surface area contributed by atoms with Gasteiger partial charge in [-0.3, -0.25) is 0 Å². The van der Waals surface area contributed by atoms with Crippen LogP contribution in [0.15, 0.2) is 0 Å². The van der Waals surface area contributed by atoms with E-state index in [4.69, 9.17) is 4.74 Å². The summed E-state index contributed by atoms with van der Waals surface area (Å²) in [6, 6.07) is 0.748. The van der Waals surface area contributed by atoms with Crippen molar-refractivity contribution in [3.05, 3.63) is 0 Å². The van der Waals surface area contributed by atoms with Gasteiger partial charge in [-0.05, 0) is 38.7 Å². The number of anilines is 2. The SMILES string of the molecule is CCCNc1nc(OCC)nc(N(C)C(C)CCSC)n1. The highest BCUT2D eigenvalue weighted by Crippen LogP contribution is 2.17. The normalized spacial score (nSPS) is 12.0. The Morgan fingerprint density at radius 2 is 2.05 bits per heavy atom. The highest BCUT2D eigenvalue weighted by Gasteiger charge is 2.15. The maximum absolute atomic E-state index is 5.45. The monoisotopic (exact) mass is 313 g/mol. The fraction of sp³-hybridized carbons (Fsp3) is 0.786. The Labute approximate surface area is 132 Å². The summed E-state index contributed by atoms with van der Waals surface area (Å²) in [7, 11) is 2.01. The van der Waals surface area contributed by atoms with Crippen molar-refractivity contribution >= 4 is 23.7 Å². The van der Waals surface area contributed by atoms with Gasteiger partial charge in [0.05, 0.1) is 6.61 Å². The maximum atomic E-state index is 5.45. The summed E-state index contributed by atoms with van der Waals surface area (Å²) >= 11 is 1.85. The standard InChI is InChI=1S/C14H27N5OS/c1-6-9-15-12-16-13(18-14(17-12)20-7-2)19(4)11(3)8-10-21-5/h11H,6-10H2,1-5H3,(H,15,16,17,18). The van der Waals surface area contributed by atoms with Crippen molar-refractivity contribution < 1.29 is 4.74 Å². The van der Waals surface area contributed by atoms with E-state index >= 15 is 0 Å². The van der Waals surface area contributed by atoms with Gasteiger partial charge in [-0.15, -0.1) is 0 Å². The van der Waals surface area contributed by atoms with Gasteiger partial charge >= 0.3 is 6.01 Å².